The summed E-state index contributed by atoms with van der Waals surface area (Å²) in [6.07, 6.45) is 85.8. The van der Waals surface area contributed by atoms with Crippen LogP contribution in [0.1, 0.15) is 232 Å². The molecule has 0 aliphatic rings. The van der Waals surface area contributed by atoms with Crippen molar-refractivity contribution in [3.8, 4) is 0 Å². The van der Waals surface area contributed by atoms with Crippen molar-refractivity contribution in [3.05, 3.63) is 134 Å². The molecule has 0 bridgehead atoms. The lowest BCUT2D eigenvalue weighted by Crippen LogP contribution is -2.45. The molecule has 3 unspecified atom stereocenters. The molecule has 1 amide bonds. The van der Waals surface area contributed by atoms with E-state index >= 15 is 0 Å². The molecule has 9 heteroatoms. The first-order valence-corrected chi connectivity index (χ1v) is 32.1. The number of amides is 1. The molecule has 0 aliphatic carbocycles. The van der Waals surface area contributed by atoms with E-state index in [4.69, 9.17) is 9.05 Å². The number of phosphoric acid groups is 1. The lowest BCUT2D eigenvalue weighted by Gasteiger charge is -2.25. The zero-order chi connectivity index (χ0) is 55.6. The monoisotopic (exact) mass is 1080 g/mol. The van der Waals surface area contributed by atoms with Crippen LogP contribution in [0, 0.1) is 0 Å². The van der Waals surface area contributed by atoms with Gasteiger partial charge in [0.05, 0.1) is 39.9 Å². The lowest BCUT2D eigenvalue weighted by molar-refractivity contribution is -0.870. The van der Waals surface area contributed by atoms with Gasteiger partial charge in [-0.2, -0.15) is 0 Å². The normalized spacial score (nSPS) is 14.8. The number of quaternary nitrogens is 1. The van der Waals surface area contributed by atoms with Crippen molar-refractivity contribution < 1.29 is 32.9 Å². The Morgan fingerprint density at radius 1 is 0.461 bits per heavy atom. The summed E-state index contributed by atoms with van der Waals surface area (Å²) in [5, 5.41) is 13.9. The number of aliphatic hydroxyl groups is 1. The zero-order valence-electron chi connectivity index (χ0n) is 49.4. The van der Waals surface area contributed by atoms with E-state index in [1.54, 1.807) is 6.08 Å². The second kappa shape index (κ2) is 56.4. The second-order valence-electron chi connectivity index (χ2n) is 21.3. The maximum Gasteiger partial charge on any atom is 0.472 e. The number of nitrogens with zero attached hydrogens (tertiary/aromatic N) is 1. The van der Waals surface area contributed by atoms with Gasteiger partial charge in [-0.15, -0.1) is 0 Å². The van der Waals surface area contributed by atoms with E-state index in [0.29, 0.717) is 17.4 Å². The molecule has 0 aliphatic heterocycles. The third-order valence-corrected chi connectivity index (χ3v) is 13.8. The molecule has 76 heavy (non-hydrogen) atoms. The van der Waals surface area contributed by atoms with Crippen molar-refractivity contribution in [2.45, 2.75) is 244 Å². The van der Waals surface area contributed by atoms with Gasteiger partial charge < -0.3 is 19.8 Å². The van der Waals surface area contributed by atoms with Gasteiger partial charge in [0.25, 0.3) is 0 Å². The third-order valence-electron chi connectivity index (χ3n) is 12.9. The number of rotatable bonds is 54. The van der Waals surface area contributed by atoms with Gasteiger partial charge >= 0.3 is 7.82 Å². The number of aliphatic hydroxyl groups excluding tert-OH is 1. The number of likely N-dealkylation sites (N-methyl/N-ethyl adjacent to an activating group) is 1. The molecule has 0 spiro atoms. The van der Waals surface area contributed by atoms with Gasteiger partial charge in [0, 0.05) is 6.42 Å². The number of unbranched alkanes of at least 4 members (excludes halogenated alkanes) is 21. The molecule has 434 valence electrons. The molecule has 0 saturated carbocycles. The number of carbonyl (C=O) groups excluding carboxylic acids is 1. The van der Waals surface area contributed by atoms with Crippen LogP contribution in [0.2, 0.25) is 0 Å². The van der Waals surface area contributed by atoms with Gasteiger partial charge in [0.15, 0.2) is 0 Å². The largest absolute Gasteiger partial charge is 0.472 e. The maximum absolute atomic E-state index is 13.0. The SMILES string of the molecule is CC/C=C\C/C=C\C/C=C\C/C=C\C/C=C\C/C=C\C/C=C\C/C=C\C/C=C\CCCC(=O)NC(COP(=O)(O)OCC[N+](C)(C)C)C(O)/C=C/CC/C=C/CCCCCCCCCCCCCCCCCCCCC. The van der Waals surface area contributed by atoms with Gasteiger partial charge in [-0.25, -0.2) is 4.57 Å². The molecule has 0 heterocycles. The smallest absolute Gasteiger partial charge is 0.387 e. The average Bonchev–Trinajstić information content (AvgIpc) is 3.38. The topological polar surface area (TPSA) is 105 Å². The fraction of sp³-hybridized carbons (Fsp3) is 0.657. The summed E-state index contributed by atoms with van der Waals surface area (Å²) >= 11 is 0. The molecular weight excluding hydrogens is 960 g/mol. The molecule has 0 aromatic carbocycles. The van der Waals surface area contributed by atoms with Gasteiger partial charge in [-0.1, -0.05) is 263 Å². The molecule has 0 aromatic heterocycles. The summed E-state index contributed by atoms with van der Waals surface area (Å²) in [6, 6.07) is -0.906. The maximum atomic E-state index is 13.0. The standard InChI is InChI=1S/C67H115N2O6P/c1-6-8-10-12-14-16-18-20-22-24-26-28-30-32-33-34-35-37-39-41-43-45-47-49-51-53-55-57-59-61-67(71)68-65(64-75-76(72,73)74-63-62-69(3,4)5)66(70)60-58-56-54-52-50-48-46-44-42-40-38-36-31-29-27-25-23-21-19-17-15-13-11-9-7-2/h8,10,14,16,20,22,26,28,32-33,35,37,41,43,47,49-50,52-53,55,58,60,65-66,70H,6-7,9,11-13,15,17-19,21,23-25,27,29-31,34,36,38-40,42,44-46,48,51,54,56-57,59,61-64H2,1-5H3,(H-,68,71,72,73)/p+1/b10-8-,16-14-,22-20-,28-26-,33-32-,37-35-,43-41-,49-47-,52-50+,55-53-,60-58+. The Bertz CT molecular complexity index is 1700. The summed E-state index contributed by atoms with van der Waals surface area (Å²) < 4.78 is 23.7. The Kier molecular flexibility index (Phi) is 53.9. The predicted octanol–water partition coefficient (Wildman–Crippen LogP) is 19.1. The molecule has 0 aromatic rings. The summed E-state index contributed by atoms with van der Waals surface area (Å²) in [5.74, 6) is -0.249. The van der Waals surface area contributed by atoms with Gasteiger partial charge in [-0.3, -0.25) is 13.8 Å². The molecule has 0 rings (SSSR count). The molecule has 0 saturated heterocycles. The Labute approximate surface area is 468 Å². The van der Waals surface area contributed by atoms with Crippen molar-refractivity contribution in [2.75, 3.05) is 40.9 Å². The molecule has 3 atom stereocenters. The fourth-order valence-corrected chi connectivity index (χ4v) is 8.85. The zero-order valence-corrected chi connectivity index (χ0v) is 50.3. The minimum Gasteiger partial charge on any atom is -0.387 e. The van der Waals surface area contributed by atoms with Gasteiger partial charge in [0.1, 0.15) is 13.2 Å². The van der Waals surface area contributed by atoms with E-state index in [-0.39, 0.29) is 25.5 Å². The van der Waals surface area contributed by atoms with Crippen LogP contribution in [0.4, 0.5) is 0 Å². The van der Waals surface area contributed by atoms with Crippen LogP contribution in [-0.2, 0) is 18.4 Å². The fourth-order valence-electron chi connectivity index (χ4n) is 8.12. The van der Waals surface area contributed by atoms with Crippen molar-refractivity contribution in [1.82, 2.24) is 5.32 Å². The van der Waals surface area contributed by atoms with E-state index in [1.165, 1.54) is 122 Å². The van der Waals surface area contributed by atoms with Crippen LogP contribution in [0.25, 0.3) is 0 Å². The first-order chi connectivity index (χ1) is 37.0. The molecule has 0 fully saturated rings. The molecule has 3 N–H and O–H groups in total. The highest BCUT2D eigenvalue weighted by Crippen LogP contribution is 2.43. The Morgan fingerprint density at radius 3 is 1.21 bits per heavy atom. The van der Waals surface area contributed by atoms with Crippen molar-refractivity contribution in [2.24, 2.45) is 0 Å². The number of nitrogens with one attached hydrogen (secondary N) is 1. The van der Waals surface area contributed by atoms with Crippen LogP contribution in [0.15, 0.2) is 134 Å². The first-order valence-electron chi connectivity index (χ1n) is 30.6. The Morgan fingerprint density at radius 2 is 0.803 bits per heavy atom. The van der Waals surface area contributed by atoms with E-state index in [0.717, 1.165) is 83.5 Å². The van der Waals surface area contributed by atoms with Gasteiger partial charge in [-0.05, 0) is 96.3 Å². The summed E-state index contributed by atoms with van der Waals surface area (Å²) in [6.45, 7) is 4.64. The van der Waals surface area contributed by atoms with E-state index in [1.807, 2.05) is 27.2 Å². The van der Waals surface area contributed by atoms with E-state index < -0.39 is 20.0 Å². The molecular formula is C67H116N2O6P+. The molecule has 8 nitrogen and oxygen atoms in total. The van der Waals surface area contributed by atoms with Gasteiger partial charge in [0.2, 0.25) is 5.91 Å². The van der Waals surface area contributed by atoms with Crippen LogP contribution in [0.5, 0.6) is 0 Å². The van der Waals surface area contributed by atoms with E-state index in [2.05, 4.69) is 141 Å². The number of carbonyl (C=O) groups is 1. The van der Waals surface area contributed by atoms with Crippen LogP contribution in [-0.4, -0.2) is 73.4 Å². The minimum atomic E-state index is -4.38. The second-order valence-corrected chi connectivity index (χ2v) is 22.8. The number of hydrogen-bond donors (Lipinski definition) is 3. The Balaban J connectivity index is 4.38. The quantitative estimate of drug-likeness (QED) is 0.0243. The first kappa shape index (κ1) is 72.6. The van der Waals surface area contributed by atoms with Crippen molar-refractivity contribution >= 4 is 13.7 Å². The van der Waals surface area contributed by atoms with Crippen molar-refractivity contribution in [3.63, 3.8) is 0 Å². The molecule has 0 radical (unpaired) electrons. The highest BCUT2D eigenvalue weighted by molar-refractivity contribution is 7.47. The highest BCUT2D eigenvalue weighted by Gasteiger charge is 2.27. The average molecular weight is 1080 g/mol. The Hall–Kier alpha value is -3.36. The predicted molar refractivity (Wildman–Crippen MR) is 331 cm³/mol. The number of hydrogen-bond acceptors (Lipinski definition) is 5. The lowest BCUT2D eigenvalue weighted by atomic mass is 10.0. The third kappa shape index (κ3) is 58.3. The van der Waals surface area contributed by atoms with Crippen LogP contribution >= 0.6 is 7.82 Å². The number of phosphoric ester groups is 1. The summed E-state index contributed by atoms with van der Waals surface area (Å²) in [4.78, 5) is 23.3. The summed E-state index contributed by atoms with van der Waals surface area (Å²) in [7, 11) is 1.50. The van der Waals surface area contributed by atoms with Crippen molar-refractivity contribution in [1.29, 1.82) is 0 Å². The highest BCUT2D eigenvalue weighted by atomic mass is 31.2. The summed E-state index contributed by atoms with van der Waals surface area (Å²) in [5.41, 5.74) is 0. The minimum absolute atomic E-state index is 0.0376. The van der Waals surface area contributed by atoms with Crippen LogP contribution < -0.4 is 5.32 Å². The van der Waals surface area contributed by atoms with E-state index in [9.17, 15) is 19.4 Å². The van der Waals surface area contributed by atoms with Crippen LogP contribution in [0.3, 0.4) is 0 Å². The number of allylic oxidation sites excluding steroid dienone is 21.